The van der Waals surface area contributed by atoms with Gasteiger partial charge in [-0.05, 0) is 42.2 Å². The number of rotatable bonds is 4. The first-order valence-electron chi connectivity index (χ1n) is 6.69. The quantitative estimate of drug-likeness (QED) is 0.736. The van der Waals surface area contributed by atoms with E-state index in [1.807, 2.05) is 24.4 Å². The molecule has 0 fully saturated rings. The average molecular weight is 313 g/mol. The Morgan fingerprint density at radius 1 is 1.05 bits per heavy atom. The van der Waals surface area contributed by atoms with Gasteiger partial charge in [-0.3, -0.25) is 0 Å². The fourth-order valence-corrected chi connectivity index (χ4v) is 3.11. The maximum absolute atomic E-state index is 5.43. The normalized spacial score (nSPS) is 10.5. The molecular formula is C16H15N3O2S. The highest BCUT2D eigenvalue weighted by molar-refractivity contribution is 7.04. The van der Waals surface area contributed by atoms with E-state index in [1.165, 1.54) is 11.5 Å². The van der Waals surface area contributed by atoms with Crippen LogP contribution in [0.3, 0.4) is 0 Å². The summed E-state index contributed by atoms with van der Waals surface area (Å²) < 4.78 is 15.4. The molecule has 3 aromatic rings. The first kappa shape index (κ1) is 14.5. The van der Waals surface area contributed by atoms with Crippen molar-refractivity contribution in [1.82, 2.24) is 14.6 Å². The van der Waals surface area contributed by atoms with E-state index in [-0.39, 0.29) is 0 Å². The lowest BCUT2D eigenvalue weighted by Gasteiger charge is -2.12. The molecule has 6 heteroatoms. The first-order chi connectivity index (χ1) is 10.7. The molecule has 0 aliphatic heterocycles. The van der Waals surface area contributed by atoms with E-state index in [9.17, 15) is 0 Å². The number of benzene rings is 1. The summed E-state index contributed by atoms with van der Waals surface area (Å²) in [6.07, 6.45) is 3.41. The van der Waals surface area contributed by atoms with Crippen molar-refractivity contribution >= 4 is 11.5 Å². The van der Waals surface area contributed by atoms with Gasteiger partial charge in [0.1, 0.15) is 0 Å². The molecule has 0 amide bonds. The van der Waals surface area contributed by atoms with E-state index in [0.717, 1.165) is 33.7 Å². The van der Waals surface area contributed by atoms with Crippen molar-refractivity contribution in [3.63, 3.8) is 0 Å². The minimum Gasteiger partial charge on any atom is -0.493 e. The molecule has 22 heavy (non-hydrogen) atoms. The summed E-state index contributed by atoms with van der Waals surface area (Å²) in [5.74, 6) is 1.44. The molecule has 0 spiro atoms. The van der Waals surface area contributed by atoms with Gasteiger partial charge in [-0.25, -0.2) is 0 Å². The van der Waals surface area contributed by atoms with Crippen molar-refractivity contribution in [2.75, 3.05) is 14.2 Å². The molecule has 2 aromatic heterocycles. The van der Waals surface area contributed by atoms with Gasteiger partial charge in [0.05, 0.1) is 32.3 Å². The molecule has 0 unspecified atom stereocenters. The lowest BCUT2D eigenvalue weighted by Crippen LogP contribution is -1.95. The third-order valence-electron chi connectivity index (χ3n) is 3.40. The number of hydrogen-bond donors (Lipinski definition) is 0. The molecule has 0 N–H and O–H groups in total. The van der Waals surface area contributed by atoms with Gasteiger partial charge in [0.15, 0.2) is 11.5 Å². The molecule has 0 aliphatic rings. The highest BCUT2D eigenvalue weighted by atomic mass is 32.1. The molecule has 1 aromatic carbocycles. The van der Waals surface area contributed by atoms with Crippen molar-refractivity contribution in [2.24, 2.45) is 0 Å². The summed E-state index contributed by atoms with van der Waals surface area (Å²) in [5, 5.41) is 9.77. The van der Waals surface area contributed by atoms with Crippen molar-refractivity contribution < 1.29 is 9.47 Å². The van der Waals surface area contributed by atoms with Crippen LogP contribution in [0.4, 0.5) is 0 Å². The Hall–Kier alpha value is -2.47. The summed E-state index contributed by atoms with van der Waals surface area (Å²) in [7, 11) is 3.28. The minimum atomic E-state index is 0.698. The molecule has 3 rings (SSSR count). The second-order valence-electron chi connectivity index (χ2n) is 4.74. The molecular weight excluding hydrogens is 298 g/mol. The molecule has 112 valence electrons. The summed E-state index contributed by atoms with van der Waals surface area (Å²) in [6, 6.07) is 5.92. The van der Waals surface area contributed by atoms with Crippen LogP contribution in [-0.2, 0) is 0 Å². The summed E-state index contributed by atoms with van der Waals surface area (Å²) in [5.41, 5.74) is 4.92. The van der Waals surface area contributed by atoms with Gasteiger partial charge in [-0.1, -0.05) is 0 Å². The Morgan fingerprint density at radius 3 is 2.59 bits per heavy atom. The smallest absolute Gasteiger partial charge is 0.163 e. The highest BCUT2D eigenvalue weighted by Gasteiger charge is 2.15. The average Bonchev–Trinajstić information content (AvgIpc) is 3.04. The van der Waals surface area contributed by atoms with Gasteiger partial charge < -0.3 is 9.47 Å². The molecule has 0 radical (unpaired) electrons. The van der Waals surface area contributed by atoms with E-state index < -0.39 is 0 Å². The third-order valence-corrected chi connectivity index (χ3v) is 4.03. The van der Waals surface area contributed by atoms with Crippen LogP contribution in [0.5, 0.6) is 11.5 Å². The van der Waals surface area contributed by atoms with Crippen LogP contribution in [0.25, 0.3) is 22.4 Å². The van der Waals surface area contributed by atoms with E-state index >= 15 is 0 Å². The van der Waals surface area contributed by atoms with Crippen molar-refractivity contribution in [2.45, 2.75) is 6.92 Å². The lowest BCUT2D eigenvalue weighted by atomic mass is 10.0. The Balaban J connectivity index is 2.14. The Bertz CT molecular complexity index is 787. The van der Waals surface area contributed by atoms with Crippen molar-refractivity contribution in [1.29, 1.82) is 0 Å². The van der Waals surface area contributed by atoms with Gasteiger partial charge in [-0.2, -0.15) is 14.6 Å². The third kappa shape index (κ3) is 2.53. The van der Waals surface area contributed by atoms with Crippen LogP contribution >= 0.6 is 11.5 Å². The van der Waals surface area contributed by atoms with Crippen LogP contribution in [0.1, 0.15) is 5.56 Å². The lowest BCUT2D eigenvalue weighted by molar-refractivity contribution is 0.353. The predicted molar refractivity (Wildman–Crippen MR) is 86.4 cm³/mol. The standard InChI is InChI=1S/C16H15N3O2S/c1-10-6-12(7-14(20-2)16(10)21-3)15-13(9-22-19-15)11-4-5-17-18-8-11/h4-9H,1-3H3. The van der Waals surface area contributed by atoms with Gasteiger partial charge in [-0.15, -0.1) is 0 Å². The highest BCUT2D eigenvalue weighted by Crippen LogP contribution is 2.39. The topological polar surface area (TPSA) is 57.1 Å². The van der Waals surface area contributed by atoms with Crippen LogP contribution in [0, 0.1) is 6.92 Å². The van der Waals surface area contributed by atoms with Gasteiger partial charge in [0.2, 0.25) is 0 Å². The van der Waals surface area contributed by atoms with Gasteiger partial charge in [0, 0.05) is 22.1 Å². The zero-order chi connectivity index (χ0) is 15.5. The molecule has 0 saturated carbocycles. The predicted octanol–water partition coefficient (Wildman–Crippen LogP) is 3.59. The molecule has 0 aliphatic carbocycles. The number of aryl methyl sites for hydroxylation is 1. The van der Waals surface area contributed by atoms with Crippen molar-refractivity contribution in [3.8, 4) is 33.9 Å². The number of aromatic nitrogens is 3. The minimum absolute atomic E-state index is 0.698. The summed E-state index contributed by atoms with van der Waals surface area (Å²) in [4.78, 5) is 0. The largest absolute Gasteiger partial charge is 0.493 e. The monoisotopic (exact) mass is 313 g/mol. The zero-order valence-corrected chi connectivity index (χ0v) is 13.3. The van der Waals surface area contributed by atoms with Crippen LogP contribution in [-0.4, -0.2) is 28.8 Å². The van der Waals surface area contributed by atoms with Gasteiger partial charge in [0.25, 0.3) is 0 Å². The van der Waals surface area contributed by atoms with Crippen molar-refractivity contribution in [3.05, 3.63) is 41.5 Å². The molecule has 0 bridgehead atoms. The van der Waals surface area contributed by atoms with Crippen LogP contribution in [0.2, 0.25) is 0 Å². The molecule has 5 nitrogen and oxygen atoms in total. The number of methoxy groups -OCH3 is 2. The Morgan fingerprint density at radius 2 is 1.91 bits per heavy atom. The number of hydrogen-bond acceptors (Lipinski definition) is 6. The van der Waals surface area contributed by atoms with E-state index in [4.69, 9.17) is 9.47 Å². The van der Waals surface area contributed by atoms with Crippen LogP contribution in [0.15, 0.2) is 36.0 Å². The second-order valence-corrected chi connectivity index (χ2v) is 5.37. The maximum Gasteiger partial charge on any atom is 0.163 e. The number of nitrogens with zero attached hydrogens (tertiary/aromatic N) is 3. The van der Waals surface area contributed by atoms with E-state index in [2.05, 4.69) is 20.6 Å². The van der Waals surface area contributed by atoms with E-state index in [0.29, 0.717) is 5.75 Å². The van der Waals surface area contributed by atoms with E-state index in [1.54, 1.807) is 26.6 Å². The van der Waals surface area contributed by atoms with Gasteiger partial charge >= 0.3 is 0 Å². The number of ether oxygens (including phenoxy) is 2. The summed E-state index contributed by atoms with van der Waals surface area (Å²) in [6.45, 7) is 1.99. The second kappa shape index (κ2) is 6.11. The maximum atomic E-state index is 5.43. The Labute approximate surface area is 132 Å². The fraction of sp³-hybridized carbons (Fsp3) is 0.188. The molecule has 2 heterocycles. The molecule has 0 atom stereocenters. The zero-order valence-electron chi connectivity index (χ0n) is 12.5. The molecule has 0 saturated heterocycles. The SMILES string of the molecule is COc1cc(-c2nscc2-c2ccnnc2)cc(C)c1OC. The Kier molecular flexibility index (Phi) is 4.02. The fourth-order valence-electron chi connectivity index (χ4n) is 2.39. The van der Waals surface area contributed by atoms with Crippen LogP contribution < -0.4 is 9.47 Å². The summed E-state index contributed by atoms with van der Waals surface area (Å²) >= 11 is 1.41. The first-order valence-corrected chi connectivity index (χ1v) is 7.52.